The minimum atomic E-state index is -3.82. The van der Waals surface area contributed by atoms with E-state index in [1.54, 1.807) is 47.8 Å². The van der Waals surface area contributed by atoms with Gasteiger partial charge in [0.25, 0.3) is 15.9 Å². The number of aliphatic carboxylic acids is 1. The highest BCUT2D eigenvalue weighted by atomic mass is 32.2. The van der Waals surface area contributed by atoms with Crippen LogP contribution in [0.2, 0.25) is 0 Å². The predicted molar refractivity (Wildman–Crippen MR) is 116 cm³/mol. The van der Waals surface area contributed by atoms with Gasteiger partial charge in [-0.05, 0) is 35.7 Å². The minimum absolute atomic E-state index is 0.0789. The first-order chi connectivity index (χ1) is 14.9. The van der Waals surface area contributed by atoms with Gasteiger partial charge in [-0.25, -0.2) is 18.6 Å². The quantitative estimate of drug-likeness (QED) is 0.333. The van der Waals surface area contributed by atoms with Crippen molar-refractivity contribution in [3.8, 4) is 5.75 Å². The molecule has 0 atom stereocenters. The molecule has 1 aromatic heterocycles. The number of sulfonamides is 1. The van der Waals surface area contributed by atoms with Crippen LogP contribution >= 0.6 is 11.3 Å². The number of amides is 1. The molecular weight excluding hydrogens is 442 g/mol. The average Bonchev–Trinajstić information content (AvgIpc) is 3.29. The summed E-state index contributed by atoms with van der Waals surface area (Å²) in [5.74, 6) is -1.47. The highest BCUT2D eigenvalue weighted by molar-refractivity contribution is 7.94. The van der Waals surface area contributed by atoms with Crippen molar-refractivity contribution in [2.45, 2.75) is 4.21 Å². The Kier molecular flexibility index (Phi) is 7.00. The van der Waals surface area contributed by atoms with Crippen molar-refractivity contribution in [2.75, 3.05) is 11.3 Å². The molecule has 0 spiro atoms. The van der Waals surface area contributed by atoms with Gasteiger partial charge in [-0.1, -0.05) is 30.3 Å². The van der Waals surface area contributed by atoms with Crippen LogP contribution in [0.5, 0.6) is 5.75 Å². The third-order valence-corrected chi connectivity index (χ3v) is 6.58. The summed E-state index contributed by atoms with van der Waals surface area (Å²) >= 11 is 1.06. The number of nitrogens with zero attached hydrogens (tertiary/aromatic N) is 1. The second-order valence-corrected chi connectivity index (χ2v) is 8.86. The second-order valence-electron chi connectivity index (χ2n) is 6.00. The molecule has 11 heteroatoms. The Bertz CT molecular complexity index is 1210. The molecule has 1 heterocycles. The van der Waals surface area contributed by atoms with E-state index in [9.17, 15) is 18.0 Å². The maximum Gasteiger partial charge on any atom is 0.341 e. The molecule has 3 aromatic rings. The normalized spacial score (nSPS) is 11.2. The van der Waals surface area contributed by atoms with Crippen LogP contribution < -0.4 is 14.9 Å². The van der Waals surface area contributed by atoms with E-state index in [1.807, 2.05) is 0 Å². The molecule has 1 amide bonds. The van der Waals surface area contributed by atoms with E-state index in [0.717, 1.165) is 11.3 Å². The SMILES string of the molecule is O=C(O)COc1ccccc1/C=N\NC(=O)c1ccccc1NS(=O)(=O)c1cccs1. The highest BCUT2D eigenvalue weighted by Gasteiger charge is 2.19. The van der Waals surface area contributed by atoms with Crippen molar-refractivity contribution in [2.24, 2.45) is 5.10 Å². The van der Waals surface area contributed by atoms with E-state index in [4.69, 9.17) is 9.84 Å². The average molecular weight is 460 g/mol. The number of hydrogen-bond acceptors (Lipinski definition) is 7. The van der Waals surface area contributed by atoms with Crippen molar-refractivity contribution in [3.63, 3.8) is 0 Å². The number of benzene rings is 2. The Morgan fingerprint density at radius 1 is 1.06 bits per heavy atom. The zero-order valence-electron chi connectivity index (χ0n) is 15.9. The van der Waals surface area contributed by atoms with Gasteiger partial charge in [0.05, 0.1) is 17.5 Å². The number of anilines is 1. The van der Waals surface area contributed by atoms with Gasteiger partial charge in [-0.3, -0.25) is 9.52 Å². The molecule has 31 heavy (non-hydrogen) atoms. The maximum atomic E-state index is 12.6. The first kappa shape index (κ1) is 22.0. The van der Waals surface area contributed by atoms with Crippen molar-refractivity contribution in [3.05, 3.63) is 77.2 Å². The van der Waals surface area contributed by atoms with Gasteiger partial charge < -0.3 is 9.84 Å². The number of carboxylic acids is 1. The van der Waals surface area contributed by atoms with Crippen LogP contribution in [-0.2, 0) is 14.8 Å². The smallest absolute Gasteiger partial charge is 0.341 e. The summed E-state index contributed by atoms with van der Waals surface area (Å²) < 4.78 is 32.6. The molecule has 0 aliphatic carbocycles. The largest absolute Gasteiger partial charge is 0.481 e. The lowest BCUT2D eigenvalue weighted by atomic mass is 10.2. The fourth-order valence-electron chi connectivity index (χ4n) is 2.46. The van der Waals surface area contributed by atoms with Crippen molar-refractivity contribution >= 4 is 45.1 Å². The van der Waals surface area contributed by atoms with E-state index in [2.05, 4.69) is 15.2 Å². The highest BCUT2D eigenvalue weighted by Crippen LogP contribution is 2.23. The number of thiophene rings is 1. The van der Waals surface area contributed by atoms with Crippen LogP contribution in [0.3, 0.4) is 0 Å². The van der Waals surface area contributed by atoms with E-state index in [1.165, 1.54) is 24.4 Å². The van der Waals surface area contributed by atoms with Crippen molar-refractivity contribution in [1.29, 1.82) is 0 Å². The number of hydrazone groups is 1. The Morgan fingerprint density at radius 2 is 1.81 bits per heavy atom. The van der Waals surface area contributed by atoms with Crippen LogP contribution in [0.1, 0.15) is 15.9 Å². The summed E-state index contributed by atoms with van der Waals surface area (Å²) in [6.07, 6.45) is 1.30. The van der Waals surface area contributed by atoms with Crippen LogP contribution in [0, 0.1) is 0 Å². The lowest BCUT2D eigenvalue weighted by Crippen LogP contribution is -2.21. The number of carbonyl (C=O) groups is 2. The fraction of sp³-hybridized carbons (Fsp3) is 0.0500. The number of ether oxygens (including phenoxy) is 1. The van der Waals surface area contributed by atoms with Gasteiger partial charge >= 0.3 is 5.97 Å². The summed E-state index contributed by atoms with van der Waals surface area (Å²) in [6.45, 7) is -0.519. The van der Waals surface area contributed by atoms with Gasteiger partial charge in [-0.15, -0.1) is 11.3 Å². The zero-order valence-corrected chi connectivity index (χ0v) is 17.5. The number of nitrogens with one attached hydrogen (secondary N) is 2. The molecule has 0 unspecified atom stereocenters. The molecule has 0 aliphatic heterocycles. The van der Waals surface area contributed by atoms with E-state index < -0.39 is 28.5 Å². The first-order valence-electron chi connectivity index (χ1n) is 8.79. The van der Waals surface area contributed by atoms with Crippen LogP contribution in [0.4, 0.5) is 5.69 Å². The third-order valence-electron chi connectivity index (χ3n) is 3.82. The molecule has 3 rings (SSSR count). The van der Waals surface area contributed by atoms with Crippen LogP contribution in [-0.4, -0.2) is 38.2 Å². The van der Waals surface area contributed by atoms with Gasteiger partial charge in [0.15, 0.2) is 6.61 Å². The van der Waals surface area contributed by atoms with E-state index in [-0.39, 0.29) is 21.2 Å². The van der Waals surface area contributed by atoms with Crippen molar-refractivity contribution < 1.29 is 27.9 Å². The van der Waals surface area contributed by atoms with Gasteiger partial charge in [0.1, 0.15) is 9.96 Å². The Hall–Kier alpha value is -3.70. The molecule has 0 saturated heterocycles. The molecule has 0 fully saturated rings. The Labute approximate surface area is 182 Å². The molecule has 160 valence electrons. The Morgan fingerprint density at radius 3 is 2.55 bits per heavy atom. The predicted octanol–water partition coefficient (Wildman–Crippen LogP) is 2.78. The lowest BCUT2D eigenvalue weighted by Gasteiger charge is -2.10. The topological polar surface area (TPSA) is 134 Å². The molecule has 0 saturated carbocycles. The van der Waals surface area contributed by atoms with Gasteiger partial charge in [-0.2, -0.15) is 5.10 Å². The molecule has 0 aliphatic rings. The van der Waals surface area contributed by atoms with E-state index >= 15 is 0 Å². The van der Waals surface area contributed by atoms with E-state index in [0.29, 0.717) is 5.56 Å². The summed E-state index contributed by atoms with van der Waals surface area (Å²) in [7, 11) is -3.82. The fourth-order valence-corrected chi connectivity index (χ4v) is 4.53. The second kappa shape index (κ2) is 9.87. The minimum Gasteiger partial charge on any atom is -0.481 e. The monoisotopic (exact) mass is 459 g/mol. The summed E-state index contributed by atoms with van der Waals surface area (Å²) in [5.41, 5.74) is 2.97. The first-order valence-corrected chi connectivity index (χ1v) is 11.2. The molecule has 2 aromatic carbocycles. The molecule has 9 nitrogen and oxygen atoms in total. The van der Waals surface area contributed by atoms with Crippen LogP contribution in [0.25, 0.3) is 0 Å². The number of carboxylic acid groups (broad SMARTS) is 1. The number of para-hydroxylation sites is 2. The third kappa shape index (κ3) is 5.90. The summed E-state index contributed by atoms with van der Waals surface area (Å²) in [6, 6.07) is 15.8. The molecule has 0 bridgehead atoms. The summed E-state index contributed by atoms with van der Waals surface area (Å²) in [4.78, 5) is 23.2. The Balaban J connectivity index is 1.73. The van der Waals surface area contributed by atoms with Crippen molar-refractivity contribution in [1.82, 2.24) is 5.43 Å². The zero-order chi connectivity index (χ0) is 22.3. The molecule has 0 radical (unpaired) electrons. The standard InChI is InChI=1S/C20H17N3O6S2/c24-18(25)13-29-17-9-4-1-6-14(17)12-21-22-20(26)15-7-2-3-8-16(15)23-31(27,28)19-10-5-11-30-19/h1-12,23H,13H2,(H,22,26)(H,24,25)/b21-12-. The number of carbonyl (C=O) groups excluding carboxylic acids is 1. The van der Waals surface area contributed by atoms with Crippen LogP contribution in [0.15, 0.2) is 75.4 Å². The number of rotatable bonds is 9. The molecular formula is C20H17N3O6S2. The maximum absolute atomic E-state index is 12.6. The number of hydrogen-bond donors (Lipinski definition) is 3. The van der Waals surface area contributed by atoms with Gasteiger partial charge in [0.2, 0.25) is 0 Å². The lowest BCUT2D eigenvalue weighted by molar-refractivity contribution is -0.139. The van der Waals surface area contributed by atoms with Gasteiger partial charge in [0, 0.05) is 5.56 Å². The molecule has 3 N–H and O–H groups in total. The summed E-state index contributed by atoms with van der Waals surface area (Å²) in [5, 5.41) is 14.2.